The van der Waals surface area contributed by atoms with Crippen LogP contribution in [0.25, 0.3) is 0 Å². The van der Waals surface area contributed by atoms with Gasteiger partial charge in [0.25, 0.3) is 0 Å². The zero-order chi connectivity index (χ0) is 8.43. The van der Waals surface area contributed by atoms with Crippen molar-refractivity contribution in [2.45, 2.75) is 25.2 Å². The quantitative estimate of drug-likeness (QED) is 0.370. The molecule has 1 fully saturated rings. The maximum atomic E-state index is 9.36. The molecule has 4 nitrogen and oxygen atoms in total. The summed E-state index contributed by atoms with van der Waals surface area (Å²) in [6, 6.07) is 0. The van der Waals surface area contributed by atoms with Gasteiger partial charge in [0.1, 0.15) is 0 Å². The highest BCUT2D eigenvalue weighted by Crippen LogP contribution is 2.15. The molecule has 0 aromatic rings. The summed E-state index contributed by atoms with van der Waals surface area (Å²) < 4.78 is 0. The van der Waals surface area contributed by atoms with Gasteiger partial charge in [0.15, 0.2) is 0 Å². The van der Waals surface area contributed by atoms with Gasteiger partial charge < -0.3 is 20.6 Å². The summed E-state index contributed by atoms with van der Waals surface area (Å²) in [6.45, 7) is 2.59. The second kappa shape index (κ2) is 3.49. The van der Waals surface area contributed by atoms with Crippen molar-refractivity contribution in [3.8, 4) is 0 Å². The Balaban J connectivity index is 2.51. The Labute approximate surface area is 65.9 Å². The molecule has 1 rings (SSSR count). The molecule has 0 amide bonds. The minimum atomic E-state index is -0.795. The fourth-order valence-electron chi connectivity index (χ4n) is 1.38. The molecule has 1 aliphatic heterocycles. The Morgan fingerprint density at radius 1 is 1.36 bits per heavy atom. The number of hydrogen-bond acceptors (Lipinski definition) is 4. The number of rotatable bonds is 1. The molecular weight excluding hydrogens is 146 g/mol. The van der Waals surface area contributed by atoms with E-state index in [1.54, 1.807) is 6.92 Å². The maximum Gasteiger partial charge on any atom is 0.0927 e. The predicted octanol–water partition coefficient (Wildman–Crippen LogP) is -1.69. The molecule has 0 aliphatic carbocycles. The molecule has 0 unspecified atom stereocenters. The van der Waals surface area contributed by atoms with E-state index in [9.17, 15) is 10.2 Å². The van der Waals surface area contributed by atoms with Crippen LogP contribution in [-0.4, -0.2) is 46.7 Å². The van der Waals surface area contributed by atoms with E-state index in [-0.39, 0.29) is 5.92 Å². The van der Waals surface area contributed by atoms with Crippen LogP contribution in [-0.2, 0) is 0 Å². The second-order valence-corrected chi connectivity index (χ2v) is 3.12. The summed E-state index contributed by atoms with van der Waals surface area (Å²) >= 11 is 0. The minimum absolute atomic E-state index is 0.251. The average Bonchev–Trinajstić information content (AvgIpc) is 1.94. The first-order chi connectivity index (χ1) is 5.13. The first-order valence-electron chi connectivity index (χ1n) is 3.88. The third-order valence-electron chi connectivity index (χ3n) is 2.19. The van der Waals surface area contributed by atoms with E-state index in [0.29, 0.717) is 13.1 Å². The van der Waals surface area contributed by atoms with Crippen LogP contribution in [0.2, 0.25) is 0 Å². The number of aliphatic hydroxyl groups is 3. The molecule has 1 heterocycles. The van der Waals surface area contributed by atoms with Crippen molar-refractivity contribution >= 4 is 0 Å². The summed E-state index contributed by atoms with van der Waals surface area (Å²) in [6.07, 6.45) is -2.12. The van der Waals surface area contributed by atoms with E-state index in [0.717, 1.165) is 0 Å². The first kappa shape index (κ1) is 8.93. The Kier molecular flexibility index (Phi) is 2.84. The van der Waals surface area contributed by atoms with E-state index < -0.39 is 18.3 Å². The van der Waals surface area contributed by atoms with Gasteiger partial charge in [0.05, 0.1) is 18.3 Å². The SMILES string of the molecule is C[C@@H](O)[C@H]1CNC[C@@H](O)[C@@H]1O. The summed E-state index contributed by atoms with van der Waals surface area (Å²) in [5.74, 6) is -0.251. The van der Waals surface area contributed by atoms with Gasteiger partial charge in [-0.3, -0.25) is 0 Å². The summed E-state index contributed by atoms with van der Waals surface area (Å²) in [5.41, 5.74) is 0. The molecule has 0 radical (unpaired) electrons. The fraction of sp³-hybridized carbons (Fsp3) is 1.00. The van der Waals surface area contributed by atoms with Crippen LogP contribution in [0.1, 0.15) is 6.92 Å². The van der Waals surface area contributed by atoms with Crippen molar-refractivity contribution in [2.24, 2.45) is 5.92 Å². The molecule has 11 heavy (non-hydrogen) atoms. The van der Waals surface area contributed by atoms with Crippen LogP contribution < -0.4 is 5.32 Å². The minimum Gasteiger partial charge on any atom is -0.393 e. The number of piperidine rings is 1. The van der Waals surface area contributed by atoms with Gasteiger partial charge in [-0.15, -0.1) is 0 Å². The van der Waals surface area contributed by atoms with Crippen molar-refractivity contribution in [1.82, 2.24) is 5.32 Å². The van der Waals surface area contributed by atoms with Gasteiger partial charge in [-0.1, -0.05) is 0 Å². The van der Waals surface area contributed by atoms with E-state index in [1.165, 1.54) is 0 Å². The zero-order valence-electron chi connectivity index (χ0n) is 6.57. The molecule has 0 aromatic carbocycles. The Morgan fingerprint density at radius 3 is 2.45 bits per heavy atom. The molecule has 1 aliphatic rings. The zero-order valence-corrected chi connectivity index (χ0v) is 6.57. The molecule has 0 spiro atoms. The Bertz CT molecular complexity index is 129. The van der Waals surface area contributed by atoms with Crippen molar-refractivity contribution in [3.05, 3.63) is 0 Å². The van der Waals surface area contributed by atoms with Gasteiger partial charge in [-0.25, -0.2) is 0 Å². The lowest BCUT2D eigenvalue weighted by Crippen LogP contribution is -2.53. The van der Waals surface area contributed by atoms with Crippen LogP contribution in [0, 0.1) is 5.92 Å². The van der Waals surface area contributed by atoms with E-state index in [2.05, 4.69) is 5.32 Å². The highest BCUT2D eigenvalue weighted by atomic mass is 16.3. The molecule has 66 valence electrons. The lowest BCUT2D eigenvalue weighted by Gasteiger charge is -2.34. The molecule has 4 atom stereocenters. The summed E-state index contributed by atoms with van der Waals surface area (Å²) in [7, 11) is 0. The smallest absolute Gasteiger partial charge is 0.0927 e. The van der Waals surface area contributed by atoms with Gasteiger partial charge in [-0.05, 0) is 6.92 Å². The molecule has 4 heteroatoms. The first-order valence-corrected chi connectivity index (χ1v) is 3.88. The molecule has 1 saturated heterocycles. The monoisotopic (exact) mass is 161 g/mol. The van der Waals surface area contributed by atoms with E-state index in [1.807, 2.05) is 0 Å². The standard InChI is InChI=1S/C7H15NO3/c1-4(9)5-2-8-3-6(10)7(5)11/h4-11H,2-3H2,1H3/t4-,5-,6-,7-/m1/s1. The summed E-state index contributed by atoms with van der Waals surface area (Å²) in [4.78, 5) is 0. The number of β-amino-alcohol motifs (C(OH)–C–C–N with tert-alkyl or cyclic N) is 1. The molecule has 0 bridgehead atoms. The van der Waals surface area contributed by atoms with Gasteiger partial charge >= 0.3 is 0 Å². The third kappa shape index (κ3) is 1.90. The number of aliphatic hydroxyl groups excluding tert-OH is 3. The fourth-order valence-corrected chi connectivity index (χ4v) is 1.38. The van der Waals surface area contributed by atoms with Gasteiger partial charge in [0, 0.05) is 19.0 Å². The van der Waals surface area contributed by atoms with Gasteiger partial charge in [0.2, 0.25) is 0 Å². The normalized spacial score (nSPS) is 42.0. The number of nitrogens with one attached hydrogen (secondary N) is 1. The van der Waals surface area contributed by atoms with Crippen molar-refractivity contribution in [1.29, 1.82) is 0 Å². The van der Waals surface area contributed by atoms with Crippen molar-refractivity contribution < 1.29 is 15.3 Å². The largest absolute Gasteiger partial charge is 0.393 e. The molecule has 0 aromatic heterocycles. The van der Waals surface area contributed by atoms with Gasteiger partial charge in [-0.2, -0.15) is 0 Å². The van der Waals surface area contributed by atoms with Crippen LogP contribution in [0.4, 0.5) is 0 Å². The Morgan fingerprint density at radius 2 is 2.00 bits per heavy atom. The predicted molar refractivity (Wildman–Crippen MR) is 40.1 cm³/mol. The summed E-state index contributed by atoms with van der Waals surface area (Å²) in [5, 5.41) is 30.6. The highest BCUT2D eigenvalue weighted by molar-refractivity contribution is 4.86. The third-order valence-corrected chi connectivity index (χ3v) is 2.19. The maximum absolute atomic E-state index is 9.36. The van der Waals surface area contributed by atoms with Crippen LogP contribution in [0.3, 0.4) is 0 Å². The van der Waals surface area contributed by atoms with E-state index >= 15 is 0 Å². The molecule has 0 saturated carbocycles. The van der Waals surface area contributed by atoms with Crippen LogP contribution in [0.5, 0.6) is 0 Å². The van der Waals surface area contributed by atoms with Crippen molar-refractivity contribution in [2.75, 3.05) is 13.1 Å². The average molecular weight is 161 g/mol. The topological polar surface area (TPSA) is 72.7 Å². The van der Waals surface area contributed by atoms with E-state index in [4.69, 9.17) is 5.11 Å². The molecule has 4 N–H and O–H groups in total. The Hall–Kier alpha value is -0.160. The van der Waals surface area contributed by atoms with Crippen LogP contribution in [0.15, 0.2) is 0 Å². The molecular formula is C7H15NO3. The van der Waals surface area contributed by atoms with Crippen molar-refractivity contribution in [3.63, 3.8) is 0 Å². The number of hydrogen-bond donors (Lipinski definition) is 4. The lowest BCUT2D eigenvalue weighted by molar-refractivity contribution is -0.0693. The van der Waals surface area contributed by atoms with Crippen LogP contribution >= 0.6 is 0 Å². The highest BCUT2D eigenvalue weighted by Gasteiger charge is 2.32. The second-order valence-electron chi connectivity index (χ2n) is 3.12. The lowest BCUT2D eigenvalue weighted by atomic mass is 9.90.